The van der Waals surface area contributed by atoms with Gasteiger partial charge in [-0.1, -0.05) is 12.1 Å². The highest BCUT2D eigenvalue weighted by Crippen LogP contribution is 2.21. The van der Waals surface area contributed by atoms with Crippen LogP contribution in [-0.2, 0) is 14.8 Å². The Morgan fingerprint density at radius 3 is 2.72 bits per heavy atom. The van der Waals surface area contributed by atoms with Crippen molar-refractivity contribution in [3.05, 3.63) is 48.3 Å². The number of anilines is 1. The second-order valence-corrected chi connectivity index (χ2v) is 7.44. The van der Waals surface area contributed by atoms with Crippen LogP contribution in [0.4, 0.5) is 10.1 Å². The van der Waals surface area contributed by atoms with Crippen molar-refractivity contribution in [3.8, 4) is 0 Å². The molecule has 2 N–H and O–H groups in total. The average Bonchev–Trinajstić information content (AvgIpc) is 3.02. The molecule has 25 heavy (non-hydrogen) atoms. The van der Waals surface area contributed by atoms with E-state index in [2.05, 4.69) is 18.8 Å². The van der Waals surface area contributed by atoms with E-state index in [1.807, 2.05) is 0 Å². The maximum absolute atomic E-state index is 13.2. The van der Waals surface area contributed by atoms with Crippen LogP contribution in [0.3, 0.4) is 0 Å². The first kappa shape index (κ1) is 17.4. The molecule has 1 atom stereocenters. The van der Waals surface area contributed by atoms with Gasteiger partial charge in [-0.25, -0.2) is 12.8 Å². The van der Waals surface area contributed by atoms with E-state index in [0.29, 0.717) is 5.52 Å². The summed E-state index contributed by atoms with van der Waals surface area (Å²) in [4.78, 5) is 12.1. The lowest BCUT2D eigenvalue weighted by atomic mass is 10.3. The van der Waals surface area contributed by atoms with Gasteiger partial charge in [0.15, 0.2) is 0 Å². The van der Waals surface area contributed by atoms with E-state index in [1.54, 1.807) is 12.1 Å². The molecule has 1 heterocycles. The molecule has 7 nitrogen and oxygen atoms in total. The van der Waals surface area contributed by atoms with Gasteiger partial charge in [-0.2, -0.15) is 13.5 Å². The van der Waals surface area contributed by atoms with Crippen molar-refractivity contribution in [2.75, 3.05) is 5.32 Å². The van der Waals surface area contributed by atoms with E-state index < -0.39 is 27.8 Å². The van der Waals surface area contributed by atoms with Gasteiger partial charge in [0, 0.05) is 5.69 Å². The number of sulfonamides is 1. The zero-order valence-corrected chi connectivity index (χ0v) is 14.6. The summed E-state index contributed by atoms with van der Waals surface area (Å²) in [6, 6.07) is 8.84. The maximum Gasteiger partial charge on any atom is 0.243 e. The lowest BCUT2D eigenvalue weighted by Crippen LogP contribution is -2.41. The summed E-state index contributed by atoms with van der Waals surface area (Å²) in [6.07, 6.45) is 0. The number of carbonyl (C=O) groups excluding carboxylic acids is 1. The first-order valence-electron chi connectivity index (χ1n) is 7.17. The van der Waals surface area contributed by atoms with Gasteiger partial charge in [-0.15, -0.1) is 0 Å². The molecule has 0 aliphatic heterocycles. The van der Waals surface area contributed by atoms with Gasteiger partial charge in [0.2, 0.25) is 15.9 Å². The van der Waals surface area contributed by atoms with E-state index in [0.717, 1.165) is 17.8 Å². The van der Waals surface area contributed by atoms with Crippen LogP contribution in [-0.4, -0.2) is 29.1 Å². The van der Waals surface area contributed by atoms with Gasteiger partial charge in [0.05, 0.1) is 17.8 Å². The van der Waals surface area contributed by atoms with E-state index in [9.17, 15) is 17.6 Å². The molecule has 10 heteroatoms. The fourth-order valence-corrected chi connectivity index (χ4v) is 4.13. The van der Waals surface area contributed by atoms with Crippen molar-refractivity contribution in [1.29, 1.82) is 0 Å². The quantitative estimate of drug-likeness (QED) is 0.706. The molecule has 1 aromatic heterocycles. The van der Waals surface area contributed by atoms with E-state index in [-0.39, 0.29) is 16.1 Å². The molecule has 2 aromatic carbocycles. The lowest BCUT2D eigenvalue weighted by Gasteiger charge is -2.14. The van der Waals surface area contributed by atoms with Crippen LogP contribution >= 0.6 is 11.7 Å². The molecule has 0 fully saturated rings. The van der Waals surface area contributed by atoms with Gasteiger partial charge in [-0.3, -0.25) is 4.79 Å². The second-order valence-electron chi connectivity index (χ2n) is 5.23. The van der Waals surface area contributed by atoms with Gasteiger partial charge in [-0.05, 0) is 37.3 Å². The molecule has 0 bridgehead atoms. The Morgan fingerprint density at radius 2 is 1.96 bits per heavy atom. The number of hydrogen-bond acceptors (Lipinski definition) is 6. The van der Waals surface area contributed by atoms with Crippen LogP contribution < -0.4 is 10.0 Å². The number of carbonyl (C=O) groups is 1. The molecular weight excluding hydrogens is 367 g/mol. The summed E-state index contributed by atoms with van der Waals surface area (Å²) in [5.41, 5.74) is 0.948. The fraction of sp³-hybridized carbons (Fsp3) is 0.133. The number of aromatic nitrogens is 2. The van der Waals surface area contributed by atoms with E-state index >= 15 is 0 Å². The number of hydrogen-bond donors (Lipinski definition) is 2. The maximum atomic E-state index is 13.2. The first-order chi connectivity index (χ1) is 11.9. The Labute approximate surface area is 147 Å². The molecule has 0 radical (unpaired) electrons. The minimum absolute atomic E-state index is 0.0517. The van der Waals surface area contributed by atoms with E-state index in [4.69, 9.17) is 0 Å². The highest BCUT2D eigenvalue weighted by molar-refractivity contribution is 7.89. The normalized spacial score (nSPS) is 12.9. The van der Waals surface area contributed by atoms with Crippen LogP contribution in [0.25, 0.3) is 11.0 Å². The number of nitrogens with one attached hydrogen (secondary N) is 2. The highest BCUT2D eigenvalue weighted by atomic mass is 32.2. The van der Waals surface area contributed by atoms with Crippen LogP contribution in [0.15, 0.2) is 47.4 Å². The van der Waals surface area contributed by atoms with Crippen LogP contribution in [0.1, 0.15) is 6.92 Å². The molecule has 0 spiro atoms. The summed E-state index contributed by atoms with van der Waals surface area (Å²) >= 11 is 0.904. The van der Waals surface area contributed by atoms with Gasteiger partial charge >= 0.3 is 0 Å². The van der Waals surface area contributed by atoms with Crippen LogP contribution in [0.2, 0.25) is 0 Å². The summed E-state index contributed by atoms with van der Waals surface area (Å²) in [5.74, 6) is -1.12. The third kappa shape index (κ3) is 3.81. The molecule has 3 rings (SSSR count). The van der Waals surface area contributed by atoms with Crippen molar-refractivity contribution in [1.82, 2.24) is 13.5 Å². The Bertz CT molecular complexity index is 1040. The zero-order valence-electron chi connectivity index (χ0n) is 12.9. The topological polar surface area (TPSA) is 101 Å². The molecule has 0 aliphatic rings. The summed E-state index contributed by atoms with van der Waals surface area (Å²) in [5, 5.41) is 2.46. The minimum atomic E-state index is -3.98. The molecular formula is C15H13FN4O3S2. The van der Waals surface area contributed by atoms with Gasteiger partial charge in [0.1, 0.15) is 21.7 Å². The first-order valence-corrected chi connectivity index (χ1v) is 9.38. The molecule has 1 amide bonds. The summed E-state index contributed by atoms with van der Waals surface area (Å²) in [6.45, 7) is 1.39. The smallest absolute Gasteiger partial charge is 0.243 e. The second kappa shape index (κ2) is 6.82. The van der Waals surface area contributed by atoms with Crippen LogP contribution in [0.5, 0.6) is 0 Å². The predicted molar refractivity (Wildman–Crippen MR) is 92.2 cm³/mol. The van der Waals surface area contributed by atoms with Crippen molar-refractivity contribution < 1.29 is 17.6 Å². The Balaban J connectivity index is 1.78. The lowest BCUT2D eigenvalue weighted by molar-refractivity contribution is -0.117. The van der Waals surface area contributed by atoms with Crippen molar-refractivity contribution >= 4 is 44.4 Å². The Morgan fingerprint density at radius 1 is 1.20 bits per heavy atom. The summed E-state index contributed by atoms with van der Waals surface area (Å²) in [7, 11) is -3.98. The number of nitrogens with zero attached hydrogens (tertiary/aromatic N) is 2. The predicted octanol–water partition coefficient (Wildman–Crippen LogP) is 2.14. The third-order valence-corrected chi connectivity index (χ3v) is 5.47. The van der Waals surface area contributed by atoms with Crippen molar-refractivity contribution in [2.45, 2.75) is 17.9 Å². The highest BCUT2D eigenvalue weighted by Gasteiger charge is 2.25. The number of amides is 1. The number of benzene rings is 2. The average molecular weight is 380 g/mol. The van der Waals surface area contributed by atoms with Crippen LogP contribution in [0, 0.1) is 5.82 Å². The molecule has 3 aromatic rings. The van der Waals surface area contributed by atoms with E-state index in [1.165, 1.54) is 31.2 Å². The number of halogens is 1. The summed E-state index contributed by atoms with van der Waals surface area (Å²) < 4.78 is 48.5. The number of fused-ring (bicyclic) bond motifs is 1. The number of rotatable bonds is 5. The van der Waals surface area contributed by atoms with Crippen molar-refractivity contribution in [2.24, 2.45) is 0 Å². The third-order valence-electron chi connectivity index (χ3n) is 3.36. The standard InChI is InChI=1S/C15H13FN4O3S2/c1-9(15(21)17-11-5-2-4-10(16)8-11)20-25(22,23)13-7-3-6-12-14(13)19-24-18-12/h2-9,20H,1H3,(H,17,21)/t9-/m1/s1. The fourth-order valence-electron chi connectivity index (χ4n) is 2.16. The van der Waals surface area contributed by atoms with Gasteiger partial charge in [0.25, 0.3) is 0 Å². The zero-order chi connectivity index (χ0) is 18.0. The Kier molecular flexibility index (Phi) is 4.75. The minimum Gasteiger partial charge on any atom is -0.325 e. The van der Waals surface area contributed by atoms with Crippen molar-refractivity contribution in [3.63, 3.8) is 0 Å². The largest absolute Gasteiger partial charge is 0.325 e. The molecule has 130 valence electrons. The monoisotopic (exact) mass is 380 g/mol. The molecule has 0 aliphatic carbocycles. The Hall–Kier alpha value is -2.43. The molecule has 0 saturated carbocycles. The molecule has 0 saturated heterocycles. The molecule has 0 unspecified atom stereocenters. The van der Waals surface area contributed by atoms with Gasteiger partial charge < -0.3 is 5.32 Å². The SMILES string of the molecule is C[C@@H](NS(=O)(=O)c1cccc2nsnc12)C(=O)Nc1cccc(F)c1.